The summed E-state index contributed by atoms with van der Waals surface area (Å²) in [6, 6.07) is 7.86. The van der Waals surface area contributed by atoms with Gasteiger partial charge in [0.25, 0.3) is 0 Å². The first kappa shape index (κ1) is 17.2. The Balaban J connectivity index is 1.64. The summed E-state index contributed by atoms with van der Waals surface area (Å²) in [6.07, 6.45) is 4.73. The van der Waals surface area contributed by atoms with Gasteiger partial charge in [0.2, 0.25) is 11.8 Å². The van der Waals surface area contributed by atoms with E-state index in [0.717, 1.165) is 16.8 Å². The van der Waals surface area contributed by atoms with Crippen molar-refractivity contribution in [2.75, 3.05) is 18.0 Å². The Morgan fingerprint density at radius 2 is 2.08 bits per heavy atom. The van der Waals surface area contributed by atoms with Crippen LogP contribution in [0, 0.1) is 6.92 Å². The standard InChI is InChI=1S/C19H24N4O2/c1-14-6-4-5-7-17(14)23-11-15(2)22(13-19(23)25)18(24)9-8-16-10-20-21(3)12-16/h4-7,10,12,15H,8-9,11,13H2,1-3H3/t15-/m1/s1. The topological polar surface area (TPSA) is 58.4 Å². The molecule has 0 N–H and O–H groups in total. The van der Waals surface area contributed by atoms with Crippen molar-refractivity contribution in [2.24, 2.45) is 7.05 Å². The van der Waals surface area contributed by atoms with E-state index in [-0.39, 0.29) is 24.4 Å². The van der Waals surface area contributed by atoms with Gasteiger partial charge in [-0.1, -0.05) is 18.2 Å². The molecule has 1 aromatic heterocycles. The Labute approximate surface area is 148 Å². The van der Waals surface area contributed by atoms with Gasteiger partial charge < -0.3 is 9.80 Å². The number of aromatic nitrogens is 2. The van der Waals surface area contributed by atoms with Crippen LogP contribution in [0.5, 0.6) is 0 Å². The molecule has 2 heterocycles. The smallest absolute Gasteiger partial charge is 0.246 e. The molecular weight excluding hydrogens is 316 g/mol. The van der Waals surface area contributed by atoms with Crippen LogP contribution in [0.1, 0.15) is 24.5 Å². The Morgan fingerprint density at radius 3 is 2.76 bits per heavy atom. The molecule has 1 aliphatic rings. The molecule has 1 aromatic carbocycles. The van der Waals surface area contributed by atoms with Gasteiger partial charge in [-0.05, 0) is 37.5 Å². The number of amides is 2. The normalized spacial score (nSPS) is 17.9. The highest BCUT2D eigenvalue weighted by Gasteiger charge is 2.33. The summed E-state index contributed by atoms with van der Waals surface area (Å²) in [4.78, 5) is 28.7. The van der Waals surface area contributed by atoms with E-state index in [1.54, 1.807) is 20.7 Å². The molecule has 0 saturated carbocycles. The van der Waals surface area contributed by atoms with E-state index in [1.807, 2.05) is 51.4 Å². The SMILES string of the molecule is Cc1ccccc1N1C[C@@H](C)N(C(=O)CCc2cnn(C)c2)CC1=O. The molecule has 2 amide bonds. The Hall–Kier alpha value is -2.63. The number of aryl methyl sites for hydroxylation is 3. The van der Waals surface area contributed by atoms with Crippen LogP contribution in [-0.2, 0) is 23.1 Å². The first-order chi connectivity index (χ1) is 12.0. The maximum absolute atomic E-state index is 12.6. The lowest BCUT2D eigenvalue weighted by molar-refractivity contribution is -0.139. The lowest BCUT2D eigenvalue weighted by atomic mass is 10.1. The van der Waals surface area contributed by atoms with Gasteiger partial charge >= 0.3 is 0 Å². The molecule has 1 fully saturated rings. The predicted octanol–water partition coefficient (Wildman–Crippen LogP) is 1.93. The molecule has 6 nitrogen and oxygen atoms in total. The molecule has 0 spiro atoms. The number of rotatable bonds is 4. The second-order valence-corrected chi connectivity index (χ2v) is 6.68. The average Bonchev–Trinajstić information content (AvgIpc) is 3.00. The van der Waals surface area contributed by atoms with Gasteiger partial charge in [-0.15, -0.1) is 0 Å². The van der Waals surface area contributed by atoms with Crippen molar-refractivity contribution in [1.29, 1.82) is 0 Å². The van der Waals surface area contributed by atoms with Crippen molar-refractivity contribution in [2.45, 2.75) is 32.7 Å². The molecule has 0 aliphatic carbocycles. The van der Waals surface area contributed by atoms with Crippen LogP contribution in [0.25, 0.3) is 0 Å². The van der Waals surface area contributed by atoms with E-state index in [9.17, 15) is 9.59 Å². The minimum Gasteiger partial charge on any atom is -0.329 e. The third-order valence-corrected chi connectivity index (χ3v) is 4.70. The fraction of sp³-hybridized carbons (Fsp3) is 0.421. The molecule has 0 radical (unpaired) electrons. The predicted molar refractivity (Wildman–Crippen MR) is 96.2 cm³/mol. The van der Waals surface area contributed by atoms with E-state index >= 15 is 0 Å². The number of carbonyl (C=O) groups is 2. The van der Waals surface area contributed by atoms with Crippen LogP contribution in [-0.4, -0.2) is 45.6 Å². The van der Waals surface area contributed by atoms with E-state index < -0.39 is 0 Å². The molecule has 25 heavy (non-hydrogen) atoms. The van der Waals surface area contributed by atoms with Crippen LogP contribution in [0.2, 0.25) is 0 Å². The number of carbonyl (C=O) groups excluding carboxylic acids is 2. The van der Waals surface area contributed by atoms with Crippen LogP contribution >= 0.6 is 0 Å². The molecule has 1 saturated heterocycles. The van der Waals surface area contributed by atoms with E-state index in [1.165, 1.54) is 0 Å². The summed E-state index contributed by atoms with van der Waals surface area (Å²) in [5.41, 5.74) is 3.04. The fourth-order valence-corrected chi connectivity index (χ4v) is 3.28. The quantitative estimate of drug-likeness (QED) is 0.854. The van der Waals surface area contributed by atoms with Crippen molar-refractivity contribution in [3.8, 4) is 0 Å². The summed E-state index contributed by atoms with van der Waals surface area (Å²) in [7, 11) is 1.86. The third-order valence-electron chi connectivity index (χ3n) is 4.70. The van der Waals surface area contributed by atoms with Crippen LogP contribution in [0.4, 0.5) is 5.69 Å². The second-order valence-electron chi connectivity index (χ2n) is 6.68. The third kappa shape index (κ3) is 3.73. The number of nitrogens with zero attached hydrogens (tertiary/aromatic N) is 4. The fourth-order valence-electron chi connectivity index (χ4n) is 3.28. The van der Waals surface area contributed by atoms with E-state index in [0.29, 0.717) is 19.4 Å². The summed E-state index contributed by atoms with van der Waals surface area (Å²) in [6.45, 7) is 4.67. The van der Waals surface area contributed by atoms with Crippen LogP contribution in [0.15, 0.2) is 36.7 Å². The number of anilines is 1. The van der Waals surface area contributed by atoms with Crippen LogP contribution < -0.4 is 4.90 Å². The molecular formula is C19H24N4O2. The van der Waals surface area contributed by atoms with E-state index in [4.69, 9.17) is 0 Å². The van der Waals surface area contributed by atoms with Gasteiger partial charge in [-0.3, -0.25) is 14.3 Å². The monoisotopic (exact) mass is 340 g/mol. The summed E-state index contributed by atoms with van der Waals surface area (Å²) in [5, 5.41) is 4.12. The van der Waals surface area contributed by atoms with Gasteiger partial charge in [-0.2, -0.15) is 5.10 Å². The van der Waals surface area contributed by atoms with Crippen molar-refractivity contribution < 1.29 is 9.59 Å². The molecule has 6 heteroatoms. The molecule has 3 rings (SSSR count). The van der Waals surface area contributed by atoms with Crippen molar-refractivity contribution >= 4 is 17.5 Å². The van der Waals surface area contributed by atoms with Gasteiger partial charge in [0.15, 0.2) is 0 Å². The number of piperazine rings is 1. The zero-order chi connectivity index (χ0) is 18.0. The lowest BCUT2D eigenvalue weighted by Gasteiger charge is -2.40. The van der Waals surface area contributed by atoms with Gasteiger partial charge in [0.1, 0.15) is 6.54 Å². The molecule has 2 aromatic rings. The Kier molecular flexibility index (Phi) is 4.88. The summed E-state index contributed by atoms with van der Waals surface area (Å²) in [5.74, 6) is -0.00346. The average molecular weight is 340 g/mol. The highest BCUT2D eigenvalue weighted by atomic mass is 16.2. The highest BCUT2D eigenvalue weighted by molar-refractivity contribution is 5.98. The van der Waals surface area contributed by atoms with Gasteiger partial charge in [0, 0.05) is 37.9 Å². The molecule has 132 valence electrons. The second kappa shape index (κ2) is 7.09. The number of benzene rings is 1. The minimum atomic E-state index is -0.0258. The number of para-hydroxylation sites is 1. The maximum Gasteiger partial charge on any atom is 0.246 e. The van der Waals surface area contributed by atoms with Crippen LogP contribution in [0.3, 0.4) is 0 Å². The summed E-state index contributed by atoms with van der Waals surface area (Å²) < 4.78 is 1.73. The van der Waals surface area contributed by atoms with Crippen molar-refractivity contribution in [3.63, 3.8) is 0 Å². The molecule has 0 bridgehead atoms. The Morgan fingerprint density at radius 1 is 1.32 bits per heavy atom. The lowest BCUT2D eigenvalue weighted by Crippen LogP contribution is -2.57. The largest absolute Gasteiger partial charge is 0.329 e. The van der Waals surface area contributed by atoms with Gasteiger partial charge in [0.05, 0.1) is 6.20 Å². The maximum atomic E-state index is 12.6. The first-order valence-electron chi connectivity index (χ1n) is 8.58. The molecule has 1 aliphatic heterocycles. The zero-order valence-electron chi connectivity index (χ0n) is 15.0. The summed E-state index contributed by atoms with van der Waals surface area (Å²) >= 11 is 0. The minimum absolute atomic E-state index is 0.00120. The molecule has 0 unspecified atom stereocenters. The van der Waals surface area contributed by atoms with Crippen molar-refractivity contribution in [3.05, 3.63) is 47.8 Å². The molecule has 1 atom stereocenters. The zero-order valence-corrected chi connectivity index (χ0v) is 15.0. The van der Waals surface area contributed by atoms with E-state index in [2.05, 4.69) is 5.10 Å². The highest BCUT2D eigenvalue weighted by Crippen LogP contribution is 2.24. The number of hydrogen-bond acceptors (Lipinski definition) is 3. The Bertz CT molecular complexity index is 783. The number of hydrogen-bond donors (Lipinski definition) is 0. The van der Waals surface area contributed by atoms with Gasteiger partial charge in [-0.25, -0.2) is 0 Å². The van der Waals surface area contributed by atoms with Crippen molar-refractivity contribution in [1.82, 2.24) is 14.7 Å². The first-order valence-corrected chi connectivity index (χ1v) is 8.58.